The highest BCUT2D eigenvalue weighted by molar-refractivity contribution is 7.89. The zero-order valence-corrected chi connectivity index (χ0v) is 13.7. The second-order valence-corrected chi connectivity index (χ2v) is 8.39. The third-order valence-electron chi connectivity index (χ3n) is 3.99. The van der Waals surface area contributed by atoms with Gasteiger partial charge < -0.3 is 10.1 Å². The van der Waals surface area contributed by atoms with E-state index in [0.29, 0.717) is 24.5 Å². The van der Waals surface area contributed by atoms with E-state index < -0.39 is 10.0 Å². The molecule has 1 N–H and O–H groups in total. The number of hydrogen-bond donors (Lipinski definition) is 1. The number of carbonyl (C=O) groups excluding carboxylic acids is 1. The number of benzene rings is 1. The van der Waals surface area contributed by atoms with Crippen molar-refractivity contribution in [2.75, 3.05) is 18.5 Å². The van der Waals surface area contributed by atoms with Gasteiger partial charge in [0, 0.05) is 18.0 Å². The number of hydrogen-bond acceptors (Lipinski definition) is 5. The van der Waals surface area contributed by atoms with Gasteiger partial charge in [-0.1, -0.05) is 0 Å². The number of sulfonamides is 1. The second-order valence-electron chi connectivity index (χ2n) is 5.45. The number of anilines is 1. The lowest BCUT2D eigenvalue weighted by molar-refractivity contribution is -0.118. The molecule has 4 rings (SSSR count). The van der Waals surface area contributed by atoms with Crippen LogP contribution in [-0.4, -0.2) is 31.8 Å². The second kappa shape index (κ2) is 5.33. The highest BCUT2D eigenvalue weighted by Gasteiger charge is 2.30. The lowest BCUT2D eigenvalue weighted by atomic mass is 10.1. The fraction of sp³-hybridized carbons (Fsp3) is 0.267. The van der Waals surface area contributed by atoms with E-state index in [0.717, 1.165) is 12.0 Å². The first-order valence-electron chi connectivity index (χ1n) is 7.16. The average Bonchev–Trinajstić information content (AvgIpc) is 3.01. The van der Waals surface area contributed by atoms with E-state index in [-0.39, 0.29) is 17.4 Å². The van der Waals surface area contributed by atoms with Crippen molar-refractivity contribution in [3.63, 3.8) is 0 Å². The van der Waals surface area contributed by atoms with Gasteiger partial charge in [-0.05, 0) is 41.6 Å². The Morgan fingerprint density at radius 1 is 1.26 bits per heavy atom. The maximum Gasteiger partial charge on any atom is 0.262 e. The topological polar surface area (TPSA) is 75.7 Å². The van der Waals surface area contributed by atoms with Gasteiger partial charge in [0.2, 0.25) is 10.0 Å². The minimum absolute atomic E-state index is 0.0494. The number of rotatable bonds is 2. The summed E-state index contributed by atoms with van der Waals surface area (Å²) in [6.07, 6.45) is 0.733. The molecule has 2 aliphatic heterocycles. The molecule has 1 aromatic heterocycles. The molecule has 0 saturated carbocycles. The molecule has 1 amide bonds. The van der Waals surface area contributed by atoms with Gasteiger partial charge >= 0.3 is 0 Å². The lowest BCUT2D eigenvalue weighted by Crippen LogP contribution is -2.35. The van der Waals surface area contributed by atoms with Crippen molar-refractivity contribution in [1.29, 1.82) is 0 Å². The first-order chi connectivity index (χ1) is 11.0. The van der Waals surface area contributed by atoms with E-state index >= 15 is 0 Å². The van der Waals surface area contributed by atoms with Crippen LogP contribution in [0.1, 0.15) is 10.4 Å². The Labute approximate surface area is 137 Å². The van der Waals surface area contributed by atoms with E-state index in [1.165, 1.54) is 21.3 Å². The summed E-state index contributed by atoms with van der Waals surface area (Å²) < 4.78 is 32.5. The van der Waals surface area contributed by atoms with Gasteiger partial charge in [-0.3, -0.25) is 4.79 Å². The van der Waals surface area contributed by atoms with Crippen LogP contribution >= 0.6 is 11.3 Å². The molecular formula is C15H14N2O4S2. The molecule has 3 heterocycles. The van der Waals surface area contributed by atoms with E-state index in [9.17, 15) is 13.2 Å². The molecule has 0 atom stereocenters. The zero-order valence-electron chi connectivity index (χ0n) is 12.1. The van der Waals surface area contributed by atoms with Crippen LogP contribution in [0, 0.1) is 0 Å². The standard InChI is InChI=1S/C15H14N2O4S2/c18-15-9-21-13-2-1-11(7-12(13)16-15)23(19,20)17-5-3-14-10(8-17)4-6-22-14/h1-2,4,6-7H,3,5,8-9H2,(H,16,18). The molecule has 23 heavy (non-hydrogen) atoms. The summed E-state index contributed by atoms with van der Waals surface area (Å²) in [4.78, 5) is 12.8. The molecular weight excluding hydrogens is 336 g/mol. The monoisotopic (exact) mass is 350 g/mol. The van der Waals surface area contributed by atoms with E-state index in [2.05, 4.69) is 5.32 Å². The van der Waals surface area contributed by atoms with Crippen molar-refractivity contribution in [3.05, 3.63) is 40.1 Å². The van der Waals surface area contributed by atoms with Crippen LogP contribution in [0.25, 0.3) is 0 Å². The smallest absolute Gasteiger partial charge is 0.262 e. The summed E-state index contributed by atoms with van der Waals surface area (Å²) in [6.45, 7) is 0.809. The maximum atomic E-state index is 12.9. The average molecular weight is 350 g/mol. The van der Waals surface area contributed by atoms with Crippen LogP contribution in [-0.2, 0) is 27.8 Å². The fourth-order valence-corrected chi connectivity index (χ4v) is 5.13. The van der Waals surface area contributed by atoms with E-state index in [4.69, 9.17) is 4.74 Å². The SMILES string of the molecule is O=C1COc2ccc(S(=O)(=O)N3CCc4sccc4C3)cc2N1. The summed E-state index contributed by atoms with van der Waals surface area (Å²) in [5.74, 6) is 0.204. The molecule has 0 aliphatic carbocycles. The quantitative estimate of drug-likeness (QED) is 0.896. The van der Waals surface area contributed by atoms with E-state index in [1.54, 1.807) is 17.4 Å². The van der Waals surface area contributed by atoms with Gasteiger partial charge in [-0.25, -0.2) is 8.42 Å². The predicted octanol–water partition coefficient (Wildman–Crippen LogP) is 1.83. The largest absolute Gasteiger partial charge is 0.482 e. The summed E-state index contributed by atoms with van der Waals surface area (Å²) >= 11 is 1.67. The minimum atomic E-state index is -3.60. The van der Waals surface area contributed by atoms with Crippen molar-refractivity contribution in [3.8, 4) is 5.75 Å². The fourth-order valence-electron chi connectivity index (χ4n) is 2.80. The van der Waals surface area contributed by atoms with Gasteiger partial charge in [0.1, 0.15) is 5.75 Å². The number of nitrogens with zero attached hydrogens (tertiary/aromatic N) is 1. The third-order valence-corrected chi connectivity index (χ3v) is 6.86. The van der Waals surface area contributed by atoms with Crippen molar-refractivity contribution >= 4 is 33.0 Å². The first-order valence-corrected chi connectivity index (χ1v) is 9.48. The van der Waals surface area contributed by atoms with Crippen LogP contribution in [0.4, 0.5) is 5.69 Å². The molecule has 2 aliphatic rings. The number of carbonyl (C=O) groups is 1. The Morgan fingerprint density at radius 3 is 3.00 bits per heavy atom. The molecule has 0 bridgehead atoms. The molecule has 8 heteroatoms. The lowest BCUT2D eigenvalue weighted by Gasteiger charge is -2.27. The van der Waals surface area contributed by atoms with Gasteiger partial charge in [0.25, 0.3) is 5.91 Å². The number of ether oxygens (including phenoxy) is 1. The molecule has 1 aromatic carbocycles. The van der Waals surface area contributed by atoms with Crippen LogP contribution in [0.2, 0.25) is 0 Å². The van der Waals surface area contributed by atoms with Crippen molar-refractivity contribution in [2.45, 2.75) is 17.9 Å². The Kier molecular flexibility index (Phi) is 3.40. The highest BCUT2D eigenvalue weighted by Crippen LogP contribution is 2.33. The van der Waals surface area contributed by atoms with Crippen molar-refractivity contribution < 1.29 is 17.9 Å². The van der Waals surface area contributed by atoms with Gasteiger partial charge in [0.05, 0.1) is 10.6 Å². The van der Waals surface area contributed by atoms with Gasteiger partial charge in [-0.2, -0.15) is 4.31 Å². The van der Waals surface area contributed by atoms with Crippen molar-refractivity contribution in [1.82, 2.24) is 4.31 Å². The number of nitrogens with one attached hydrogen (secondary N) is 1. The zero-order chi connectivity index (χ0) is 16.0. The summed E-state index contributed by atoms with van der Waals surface area (Å²) in [7, 11) is -3.60. The highest BCUT2D eigenvalue weighted by atomic mass is 32.2. The van der Waals surface area contributed by atoms with E-state index in [1.807, 2.05) is 11.4 Å². The molecule has 120 valence electrons. The molecule has 6 nitrogen and oxygen atoms in total. The summed E-state index contributed by atoms with van der Waals surface area (Å²) in [5.41, 5.74) is 1.47. The van der Waals surface area contributed by atoms with Crippen LogP contribution in [0.15, 0.2) is 34.5 Å². The molecule has 0 fully saturated rings. The third kappa shape index (κ3) is 2.52. The van der Waals surface area contributed by atoms with Gasteiger partial charge in [-0.15, -0.1) is 11.3 Å². The Bertz CT molecular complexity index is 889. The molecule has 0 unspecified atom stereocenters. The molecule has 0 spiro atoms. The predicted molar refractivity (Wildman–Crippen MR) is 86.2 cm³/mol. The Hall–Kier alpha value is -1.90. The first kappa shape index (κ1) is 14.7. The summed E-state index contributed by atoms with van der Waals surface area (Å²) in [6, 6.07) is 6.55. The Balaban J connectivity index is 1.67. The number of fused-ring (bicyclic) bond motifs is 2. The number of thiophene rings is 1. The van der Waals surface area contributed by atoms with Crippen LogP contribution in [0.5, 0.6) is 5.75 Å². The minimum Gasteiger partial charge on any atom is -0.482 e. The normalized spacial score (nSPS) is 17.8. The van der Waals surface area contributed by atoms with Crippen molar-refractivity contribution in [2.24, 2.45) is 0 Å². The molecule has 2 aromatic rings. The maximum absolute atomic E-state index is 12.9. The van der Waals surface area contributed by atoms with Gasteiger partial charge in [0.15, 0.2) is 6.61 Å². The van der Waals surface area contributed by atoms with Crippen LogP contribution < -0.4 is 10.1 Å². The molecule has 0 radical (unpaired) electrons. The number of amides is 1. The Morgan fingerprint density at radius 2 is 2.13 bits per heavy atom. The van der Waals surface area contributed by atoms with Crippen LogP contribution in [0.3, 0.4) is 0 Å². The summed E-state index contributed by atoms with van der Waals surface area (Å²) in [5, 5.41) is 4.63. The molecule has 0 saturated heterocycles.